The molecule has 2 aliphatic heterocycles. The van der Waals surface area contributed by atoms with E-state index in [-0.39, 0.29) is 30.9 Å². The Bertz CT molecular complexity index is 1190. The minimum Gasteiger partial charge on any atom is -0.465 e. The minimum absolute atomic E-state index is 0.129. The van der Waals surface area contributed by atoms with Crippen LogP contribution in [0.2, 0.25) is 0 Å². The molecule has 0 aliphatic carbocycles. The lowest BCUT2D eigenvalue weighted by molar-refractivity contribution is -0.144. The fraction of sp³-hybridized carbons (Fsp3) is 0.440. The number of fused-ring (bicyclic) bond motifs is 1. The van der Waals surface area contributed by atoms with Crippen molar-refractivity contribution < 1.29 is 23.5 Å². The van der Waals surface area contributed by atoms with E-state index in [1.54, 1.807) is 26.1 Å². The van der Waals surface area contributed by atoms with Crippen LogP contribution in [0.25, 0.3) is 0 Å². The van der Waals surface area contributed by atoms with Gasteiger partial charge in [-0.05, 0) is 50.9 Å². The zero-order chi connectivity index (χ0) is 25.8. The van der Waals surface area contributed by atoms with Crippen molar-refractivity contribution in [2.45, 2.75) is 26.3 Å². The molecule has 1 aromatic heterocycles. The summed E-state index contributed by atoms with van der Waals surface area (Å²) in [7, 11) is 1.88. The fourth-order valence-corrected chi connectivity index (χ4v) is 5.85. The molecule has 2 aromatic rings. The molecule has 36 heavy (non-hydrogen) atoms. The Morgan fingerprint density at radius 2 is 2.06 bits per heavy atom. The van der Waals surface area contributed by atoms with Crippen LogP contribution in [0, 0.1) is 11.7 Å². The molecule has 3 heterocycles. The maximum Gasteiger partial charge on any atom is 0.338 e. The lowest BCUT2D eigenvalue weighted by Gasteiger charge is -2.32. The van der Waals surface area contributed by atoms with Gasteiger partial charge in [0, 0.05) is 34.8 Å². The van der Waals surface area contributed by atoms with Crippen LogP contribution in [0.1, 0.15) is 36.9 Å². The van der Waals surface area contributed by atoms with Gasteiger partial charge in [0.05, 0.1) is 25.3 Å². The smallest absolute Gasteiger partial charge is 0.338 e. The maximum atomic E-state index is 13.9. The first-order valence-corrected chi connectivity index (χ1v) is 13.4. The maximum absolute atomic E-state index is 13.9. The van der Waals surface area contributed by atoms with Crippen molar-refractivity contribution in [3.05, 3.63) is 61.9 Å². The van der Waals surface area contributed by atoms with Crippen LogP contribution in [0.4, 0.5) is 4.39 Å². The first kappa shape index (κ1) is 26.4. The van der Waals surface area contributed by atoms with Gasteiger partial charge in [-0.2, -0.15) is 0 Å². The normalized spacial score (nSPS) is 19.4. The molecule has 1 unspecified atom stereocenters. The summed E-state index contributed by atoms with van der Waals surface area (Å²) in [6.07, 6.45) is 2.32. The SMILES string of the molecule is CCOC(=O)CN(C)CC1CC2=C(C(=O)OCC)[C@H](c3ccc(F)cc3Br)N=C(c3nccs3)N2C1. The summed E-state index contributed by atoms with van der Waals surface area (Å²) in [6, 6.07) is 3.69. The molecule has 11 heteroatoms. The number of aromatic nitrogens is 1. The lowest BCUT2D eigenvalue weighted by atomic mass is 9.93. The molecule has 2 aliphatic rings. The highest BCUT2D eigenvalue weighted by molar-refractivity contribution is 9.10. The van der Waals surface area contributed by atoms with Gasteiger partial charge >= 0.3 is 11.9 Å². The van der Waals surface area contributed by atoms with E-state index in [1.165, 1.54) is 23.5 Å². The van der Waals surface area contributed by atoms with Crippen LogP contribution in [0.5, 0.6) is 0 Å². The number of hydrogen-bond donors (Lipinski definition) is 0. The number of thiazole rings is 1. The second-order valence-corrected chi connectivity index (χ2v) is 10.4. The Morgan fingerprint density at radius 1 is 1.28 bits per heavy atom. The van der Waals surface area contributed by atoms with Crippen LogP contribution in [0.15, 0.2) is 50.5 Å². The van der Waals surface area contributed by atoms with Gasteiger partial charge in [0.2, 0.25) is 0 Å². The van der Waals surface area contributed by atoms with Gasteiger partial charge < -0.3 is 14.4 Å². The number of ether oxygens (including phenoxy) is 2. The highest BCUT2D eigenvalue weighted by Gasteiger charge is 2.42. The molecule has 0 amide bonds. The molecule has 4 rings (SSSR count). The van der Waals surface area contributed by atoms with E-state index in [1.807, 2.05) is 22.2 Å². The first-order chi connectivity index (χ1) is 17.3. The summed E-state index contributed by atoms with van der Waals surface area (Å²) >= 11 is 4.92. The largest absolute Gasteiger partial charge is 0.465 e. The molecule has 0 spiro atoms. The summed E-state index contributed by atoms with van der Waals surface area (Å²) in [5.74, 6) is -0.299. The molecular formula is C25H28BrFN4O4S. The second-order valence-electron chi connectivity index (χ2n) is 8.62. The van der Waals surface area contributed by atoms with Gasteiger partial charge in [-0.1, -0.05) is 22.0 Å². The Morgan fingerprint density at radius 3 is 2.72 bits per heavy atom. The number of carbonyl (C=O) groups excluding carboxylic acids is 2. The topological polar surface area (TPSA) is 84.3 Å². The number of nitrogens with zero attached hydrogens (tertiary/aromatic N) is 4. The molecule has 0 radical (unpaired) electrons. The number of esters is 2. The number of hydrogen-bond acceptors (Lipinski definition) is 9. The molecule has 2 atom stereocenters. The second kappa shape index (κ2) is 11.6. The fourth-order valence-electron chi connectivity index (χ4n) is 4.65. The Balaban J connectivity index is 1.74. The van der Waals surface area contributed by atoms with E-state index in [9.17, 15) is 14.0 Å². The average molecular weight is 579 g/mol. The molecule has 0 N–H and O–H groups in total. The zero-order valence-corrected chi connectivity index (χ0v) is 22.8. The van der Waals surface area contributed by atoms with Crippen LogP contribution < -0.4 is 0 Å². The van der Waals surface area contributed by atoms with E-state index in [0.29, 0.717) is 47.6 Å². The van der Waals surface area contributed by atoms with E-state index in [2.05, 4.69) is 20.9 Å². The summed E-state index contributed by atoms with van der Waals surface area (Å²) < 4.78 is 25.0. The highest BCUT2D eigenvalue weighted by atomic mass is 79.9. The average Bonchev–Trinajstić information content (AvgIpc) is 3.48. The summed E-state index contributed by atoms with van der Waals surface area (Å²) in [6.45, 7) is 5.54. The van der Waals surface area contributed by atoms with Crippen LogP contribution in [0.3, 0.4) is 0 Å². The van der Waals surface area contributed by atoms with E-state index in [4.69, 9.17) is 14.5 Å². The number of aliphatic imine (C=N–C) groups is 1. The molecule has 1 aromatic carbocycles. The number of allylic oxidation sites excluding steroid dienone is 1. The number of halogens is 2. The van der Waals surface area contributed by atoms with Crippen molar-refractivity contribution in [3.63, 3.8) is 0 Å². The standard InChI is InChI=1S/C25H28BrFN4O4S/c1-4-34-20(32)14-30(3)12-15-10-19-21(25(33)35-5-2)22(17-7-6-16(27)11-18(17)26)29-23(31(19)13-15)24-28-8-9-36-24/h6-9,11,15,22H,4-5,10,12-14H2,1-3H3/t15?,22-/m0/s1. The predicted molar refractivity (Wildman–Crippen MR) is 138 cm³/mol. The molecule has 1 fully saturated rings. The predicted octanol–water partition coefficient (Wildman–Crippen LogP) is 4.18. The first-order valence-electron chi connectivity index (χ1n) is 11.8. The van der Waals surface area contributed by atoms with Gasteiger partial charge in [-0.15, -0.1) is 11.3 Å². The van der Waals surface area contributed by atoms with Crippen LogP contribution in [-0.2, 0) is 19.1 Å². The van der Waals surface area contributed by atoms with E-state index >= 15 is 0 Å². The third kappa shape index (κ3) is 5.68. The van der Waals surface area contributed by atoms with Gasteiger partial charge in [-0.3, -0.25) is 14.7 Å². The molecule has 1 saturated heterocycles. The summed E-state index contributed by atoms with van der Waals surface area (Å²) in [5, 5.41) is 2.62. The summed E-state index contributed by atoms with van der Waals surface area (Å²) in [4.78, 5) is 38.7. The molecular weight excluding hydrogens is 551 g/mol. The van der Waals surface area contributed by atoms with E-state index < -0.39 is 12.0 Å². The lowest BCUT2D eigenvalue weighted by Crippen LogP contribution is -2.37. The molecule has 8 nitrogen and oxygen atoms in total. The van der Waals surface area contributed by atoms with Crippen molar-refractivity contribution in [1.29, 1.82) is 0 Å². The van der Waals surface area contributed by atoms with Crippen molar-refractivity contribution in [1.82, 2.24) is 14.8 Å². The van der Waals surface area contributed by atoms with Gasteiger partial charge in [0.25, 0.3) is 0 Å². The number of carbonyl (C=O) groups is 2. The van der Waals surface area contributed by atoms with Crippen molar-refractivity contribution in [2.24, 2.45) is 10.9 Å². The molecule has 0 saturated carbocycles. The molecule has 192 valence electrons. The van der Waals surface area contributed by atoms with Crippen LogP contribution in [-0.4, -0.2) is 72.5 Å². The zero-order valence-electron chi connectivity index (χ0n) is 20.4. The summed E-state index contributed by atoms with van der Waals surface area (Å²) in [5.41, 5.74) is 1.94. The number of likely N-dealkylation sites (N-methyl/N-ethyl adjacent to an activating group) is 1. The Kier molecular flexibility index (Phi) is 8.53. The monoisotopic (exact) mass is 578 g/mol. The Hall–Kier alpha value is -2.63. The van der Waals surface area contributed by atoms with Crippen LogP contribution >= 0.6 is 27.3 Å². The number of rotatable bonds is 9. The quantitative estimate of drug-likeness (QED) is 0.413. The van der Waals surface area contributed by atoms with Crippen molar-refractivity contribution in [2.75, 3.05) is 39.9 Å². The minimum atomic E-state index is -0.680. The van der Waals surface area contributed by atoms with Crippen molar-refractivity contribution in [3.8, 4) is 0 Å². The molecule has 0 bridgehead atoms. The highest BCUT2D eigenvalue weighted by Crippen LogP contribution is 2.44. The van der Waals surface area contributed by atoms with Gasteiger partial charge in [-0.25, -0.2) is 14.2 Å². The number of benzene rings is 1. The third-order valence-corrected chi connectivity index (χ3v) is 7.45. The van der Waals surface area contributed by atoms with Gasteiger partial charge in [0.1, 0.15) is 11.9 Å². The van der Waals surface area contributed by atoms with E-state index in [0.717, 1.165) is 10.7 Å². The van der Waals surface area contributed by atoms with Gasteiger partial charge in [0.15, 0.2) is 10.8 Å². The third-order valence-electron chi connectivity index (χ3n) is 5.99. The van der Waals surface area contributed by atoms with Crippen molar-refractivity contribution >= 4 is 45.0 Å². The number of amidine groups is 1. The Labute approximate surface area is 221 Å².